The first-order valence-electron chi connectivity index (χ1n) is 11.9. The highest BCUT2D eigenvalue weighted by molar-refractivity contribution is 5.81. The zero-order valence-electron chi connectivity index (χ0n) is 19.6. The van der Waals surface area contributed by atoms with E-state index in [0.29, 0.717) is 0 Å². The molecule has 182 valence electrons. The number of carboxylic acids is 1. The number of alkyl carbamates (subject to hydrolysis) is 1. The molecule has 6 heteroatoms. The van der Waals surface area contributed by atoms with Crippen LogP contribution in [0.2, 0.25) is 0 Å². The maximum atomic E-state index is 15.5. The normalized spacial score (nSPS) is 19.1. The molecule has 0 aromatic heterocycles. The number of nitrogens with one attached hydrogen (secondary N) is 1. The van der Waals surface area contributed by atoms with Crippen molar-refractivity contribution in [1.82, 2.24) is 5.32 Å². The van der Waals surface area contributed by atoms with E-state index in [0.717, 1.165) is 33.4 Å². The van der Waals surface area contributed by atoms with Crippen molar-refractivity contribution in [3.63, 3.8) is 0 Å². The van der Waals surface area contributed by atoms with Gasteiger partial charge in [-0.25, -0.2) is 14.0 Å². The van der Waals surface area contributed by atoms with Gasteiger partial charge in [0.15, 0.2) is 0 Å². The zero-order chi connectivity index (χ0) is 25.1. The molecule has 2 aliphatic carbocycles. The molecule has 0 heterocycles. The van der Waals surface area contributed by atoms with Gasteiger partial charge in [-0.05, 0) is 39.5 Å². The standard InChI is InChI=1S/C30H26FNO4/c31-30(16-14-21(15-17-30)20-8-2-1-3-9-20)18-27(28(33)34)32-29(35)36-19-26-24-12-6-4-10-22(24)23-11-5-7-13-25(23)26/h1-16,26-27H,17-19H2,(H,32,35)(H,33,34). The second kappa shape index (κ2) is 9.82. The average molecular weight is 484 g/mol. The van der Waals surface area contributed by atoms with E-state index in [9.17, 15) is 14.7 Å². The second-order valence-electron chi connectivity index (χ2n) is 9.16. The van der Waals surface area contributed by atoms with Crippen LogP contribution < -0.4 is 5.32 Å². The third-order valence-corrected chi connectivity index (χ3v) is 6.81. The summed E-state index contributed by atoms with van der Waals surface area (Å²) in [5.74, 6) is -1.46. The minimum atomic E-state index is -1.89. The molecular formula is C30H26FNO4. The number of hydrogen-bond donors (Lipinski definition) is 2. The number of benzene rings is 3. The van der Waals surface area contributed by atoms with E-state index in [4.69, 9.17) is 4.74 Å². The Hall–Kier alpha value is -4.19. The minimum absolute atomic E-state index is 0.0177. The molecule has 0 saturated heterocycles. The van der Waals surface area contributed by atoms with Crippen LogP contribution in [0.25, 0.3) is 16.7 Å². The van der Waals surface area contributed by atoms with E-state index in [1.165, 1.54) is 6.08 Å². The first kappa shape index (κ1) is 23.5. The molecule has 2 unspecified atom stereocenters. The van der Waals surface area contributed by atoms with Crippen molar-refractivity contribution < 1.29 is 23.8 Å². The van der Waals surface area contributed by atoms with Crippen molar-refractivity contribution in [3.8, 4) is 11.1 Å². The van der Waals surface area contributed by atoms with E-state index in [1.807, 2.05) is 78.9 Å². The lowest BCUT2D eigenvalue weighted by Gasteiger charge is -2.27. The van der Waals surface area contributed by atoms with Crippen molar-refractivity contribution in [2.75, 3.05) is 6.61 Å². The van der Waals surface area contributed by atoms with Crippen molar-refractivity contribution >= 4 is 17.6 Å². The van der Waals surface area contributed by atoms with Crippen molar-refractivity contribution in [1.29, 1.82) is 0 Å². The molecule has 5 rings (SSSR count). The van der Waals surface area contributed by atoms with Crippen molar-refractivity contribution in [2.45, 2.75) is 30.5 Å². The van der Waals surface area contributed by atoms with Crippen LogP contribution in [0.5, 0.6) is 0 Å². The molecule has 2 atom stereocenters. The van der Waals surface area contributed by atoms with Gasteiger partial charge in [-0.3, -0.25) is 0 Å². The van der Waals surface area contributed by atoms with E-state index in [1.54, 1.807) is 12.2 Å². The van der Waals surface area contributed by atoms with Gasteiger partial charge in [0.25, 0.3) is 0 Å². The molecule has 1 amide bonds. The van der Waals surface area contributed by atoms with Crippen LogP contribution in [0.15, 0.2) is 97.1 Å². The van der Waals surface area contributed by atoms with Crippen LogP contribution in [0.1, 0.15) is 35.4 Å². The van der Waals surface area contributed by atoms with E-state index in [-0.39, 0.29) is 18.9 Å². The molecule has 2 N–H and O–H groups in total. The van der Waals surface area contributed by atoms with E-state index >= 15 is 4.39 Å². The molecule has 0 radical (unpaired) electrons. The van der Waals surface area contributed by atoms with Crippen molar-refractivity contribution in [3.05, 3.63) is 114 Å². The number of amides is 1. The summed E-state index contributed by atoms with van der Waals surface area (Å²) in [7, 11) is 0. The summed E-state index contributed by atoms with van der Waals surface area (Å²) < 4.78 is 20.9. The Kier molecular flexibility index (Phi) is 6.42. The molecule has 3 aromatic rings. The number of ether oxygens (including phenoxy) is 1. The summed E-state index contributed by atoms with van der Waals surface area (Å²) in [6.45, 7) is 0.0516. The lowest BCUT2D eigenvalue weighted by Crippen LogP contribution is -2.45. The maximum absolute atomic E-state index is 15.5. The lowest BCUT2D eigenvalue weighted by atomic mass is 9.86. The second-order valence-corrected chi connectivity index (χ2v) is 9.16. The molecule has 0 spiro atoms. The summed E-state index contributed by atoms with van der Waals surface area (Å²) in [6, 6.07) is 24.0. The number of aliphatic carboxylic acids is 1. The highest BCUT2D eigenvalue weighted by atomic mass is 19.1. The van der Waals surface area contributed by atoms with Gasteiger partial charge in [0.2, 0.25) is 0 Å². The van der Waals surface area contributed by atoms with Crippen molar-refractivity contribution in [2.24, 2.45) is 0 Å². The van der Waals surface area contributed by atoms with Crippen LogP contribution in [0.3, 0.4) is 0 Å². The Morgan fingerprint density at radius 2 is 1.58 bits per heavy atom. The van der Waals surface area contributed by atoms with Crippen LogP contribution in [0.4, 0.5) is 9.18 Å². The maximum Gasteiger partial charge on any atom is 0.407 e. The SMILES string of the molecule is O=C(NC(CC1(F)C=CC(c2ccccc2)=CC1)C(=O)O)OCC1c2ccccc2-c2ccccc21. The molecule has 2 aliphatic rings. The number of halogens is 1. The molecule has 36 heavy (non-hydrogen) atoms. The average Bonchev–Trinajstić information content (AvgIpc) is 3.21. The third-order valence-electron chi connectivity index (χ3n) is 6.81. The van der Waals surface area contributed by atoms with Gasteiger partial charge in [-0.2, -0.15) is 0 Å². The van der Waals surface area contributed by atoms with Gasteiger partial charge in [-0.1, -0.05) is 91.0 Å². The van der Waals surface area contributed by atoms with Crippen LogP contribution in [-0.4, -0.2) is 35.5 Å². The Morgan fingerprint density at radius 3 is 2.17 bits per heavy atom. The third kappa shape index (κ3) is 4.80. The van der Waals surface area contributed by atoms with Gasteiger partial charge in [0.1, 0.15) is 18.3 Å². The predicted molar refractivity (Wildman–Crippen MR) is 136 cm³/mol. The van der Waals surface area contributed by atoms with Gasteiger partial charge >= 0.3 is 12.1 Å². The molecule has 0 aliphatic heterocycles. The Morgan fingerprint density at radius 1 is 0.972 bits per heavy atom. The number of allylic oxidation sites excluding steroid dienone is 4. The largest absolute Gasteiger partial charge is 0.480 e. The van der Waals surface area contributed by atoms with Crippen LogP contribution >= 0.6 is 0 Å². The van der Waals surface area contributed by atoms with E-state index in [2.05, 4.69) is 5.32 Å². The molecule has 0 saturated carbocycles. The minimum Gasteiger partial charge on any atom is -0.480 e. The summed E-state index contributed by atoms with van der Waals surface area (Å²) in [6.07, 6.45) is 3.52. The number of carboxylic acid groups (broad SMARTS) is 1. The van der Waals surface area contributed by atoms with Crippen LogP contribution in [0, 0.1) is 0 Å². The Balaban J connectivity index is 1.22. The monoisotopic (exact) mass is 483 g/mol. The first-order chi connectivity index (χ1) is 17.4. The fraction of sp³-hybridized carbons (Fsp3) is 0.200. The molecule has 5 nitrogen and oxygen atoms in total. The number of fused-ring (bicyclic) bond motifs is 3. The molecule has 0 bridgehead atoms. The highest BCUT2D eigenvalue weighted by Crippen LogP contribution is 2.44. The number of hydrogen-bond acceptors (Lipinski definition) is 3. The first-order valence-corrected chi connectivity index (χ1v) is 11.9. The van der Waals surface area contributed by atoms with Gasteiger partial charge < -0.3 is 15.2 Å². The summed E-state index contributed by atoms with van der Waals surface area (Å²) in [5.41, 5.74) is 4.24. The van der Waals surface area contributed by atoms with Gasteiger partial charge in [0.05, 0.1) is 0 Å². The molecule has 3 aromatic carbocycles. The lowest BCUT2D eigenvalue weighted by molar-refractivity contribution is -0.140. The van der Waals surface area contributed by atoms with Gasteiger partial charge in [0, 0.05) is 18.8 Å². The predicted octanol–water partition coefficient (Wildman–Crippen LogP) is 6.12. The smallest absolute Gasteiger partial charge is 0.407 e. The highest BCUT2D eigenvalue weighted by Gasteiger charge is 2.36. The quantitative estimate of drug-likeness (QED) is 0.425. The topological polar surface area (TPSA) is 75.6 Å². The summed E-state index contributed by atoms with van der Waals surface area (Å²) in [5, 5.41) is 12.0. The summed E-state index contributed by atoms with van der Waals surface area (Å²) in [4.78, 5) is 24.4. The number of alkyl halides is 1. The fourth-order valence-electron chi connectivity index (χ4n) is 4.97. The Labute approximate surface area is 208 Å². The fourth-order valence-corrected chi connectivity index (χ4v) is 4.97. The van der Waals surface area contributed by atoms with Crippen LogP contribution in [-0.2, 0) is 9.53 Å². The van der Waals surface area contributed by atoms with E-state index < -0.39 is 30.2 Å². The Bertz CT molecular complexity index is 1300. The number of carbonyl (C=O) groups excluding carboxylic acids is 1. The zero-order valence-corrected chi connectivity index (χ0v) is 19.6. The molecular weight excluding hydrogens is 457 g/mol. The molecule has 0 fully saturated rings. The number of carbonyl (C=O) groups is 2. The summed E-state index contributed by atoms with van der Waals surface area (Å²) >= 11 is 0. The van der Waals surface area contributed by atoms with Gasteiger partial charge in [-0.15, -0.1) is 0 Å². The number of rotatable bonds is 7.